The monoisotopic (exact) mass is 538 g/mol. The summed E-state index contributed by atoms with van der Waals surface area (Å²) in [5.74, 6) is -0.532. The molecule has 1 aromatic heterocycles. The standard InChI is InChI=1S/C29H29ClFN3O4/c1-34(28(35)25-17-20(31)6-8-26(25)30,22-11-15-33(16-12-22)21-9-13-32-14-10-21)27-4-2-3-19-5-7-23(18-24(19)27)38-29(36)37/h5-10,13-14,17-18,22,27H,2-4,11-12,15-16H2,1H3/p+1. The van der Waals surface area contributed by atoms with Crippen LogP contribution in [0.3, 0.4) is 0 Å². The molecule has 1 fully saturated rings. The molecule has 0 saturated carbocycles. The van der Waals surface area contributed by atoms with E-state index in [1.807, 2.05) is 25.2 Å². The van der Waals surface area contributed by atoms with Gasteiger partial charge in [-0.05, 0) is 60.9 Å². The van der Waals surface area contributed by atoms with Crippen LogP contribution in [-0.4, -0.2) is 52.8 Å². The summed E-state index contributed by atoms with van der Waals surface area (Å²) < 4.78 is 19.3. The van der Waals surface area contributed by atoms with Crippen molar-refractivity contribution in [2.24, 2.45) is 0 Å². The topological polar surface area (TPSA) is 79.7 Å². The fraction of sp³-hybridized carbons (Fsp3) is 0.345. The van der Waals surface area contributed by atoms with Gasteiger partial charge >= 0.3 is 12.1 Å². The van der Waals surface area contributed by atoms with Crippen LogP contribution in [0.25, 0.3) is 0 Å². The molecule has 9 heteroatoms. The van der Waals surface area contributed by atoms with Gasteiger partial charge < -0.3 is 14.7 Å². The number of fused-ring (bicyclic) bond motifs is 1. The highest BCUT2D eigenvalue weighted by Gasteiger charge is 2.50. The van der Waals surface area contributed by atoms with Gasteiger partial charge in [0.05, 0.1) is 18.1 Å². The van der Waals surface area contributed by atoms with Crippen LogP contribution in [0.4, 0.5) is 14.9 Å². The lowest BCUT2D eigenvalue weighted by Crippen LogP contribution is -2.61. The summed E-state index contributed by atoms with van der Waals surface area (Å²) in [5, 5.41) is 9.39. The first-order valence-corrected chi connectivity index (χ1v) is 13.2. The number of pyridine rings is 1. The number of aromatic nitrogens is 1. The summed E-state index contributed by atoms with van der Waals surface area (Å²) in [7, 11) is 1.93. The maximum atomic E-state index is 14.4. The van der Waals surface area contributed by atoms with E-state index < -0.39 is 12.0 Å². The largest absolute Gasteiger partial charge is 0.511 e. The van der Waals surface area contributed by atoms with Crippen molar-refractivity contribution in [3.63, 3.8) is 0 Å². The first kappa shape index (κ1) is 26.1. The van der Waals surface area contributed by atoms with Gasteiger partial charge in [0, 0.05) is 56.0 Å². The van der Waals surface area contributed by atoms with Crippen molar-refractivity contribution in [3.05, 3.63) is 88.5 Å². The van der Waals surface area contributed by atoms with Gasteiger partial charge in [-0.15, -0.1) is 0 Å². The van der Waals surface area contributed by atoms with Crippen LogP contribution in [0.2, 0.25) is 5.02 Å². The molecule has 1 amide bonds. The molecule has 1 N–H and O–H groups in total. The minimum atomic E-state index is -1.39. The quantitative estimate of drug-likeness (QED) is 0.234. The molecule has 1 saturated heterocycles. The second kappa shape index (κ2) is 10.7. The van der Waals surface area contributed by atoms with Crippen LogP contribution in [0.15, 0.2) is 60.9 Å². The third-order valence-electron chi connectivity index (χ3n) is 8.10. The maximum absolute atomic E-state index is 14.4. The van der Waals surface area contributed by atoms with E-state index >= 15 is 0 Å². The Kier molecular flexibility index (Phi) is 7.36. The number of aryl methyl sites for hydroxylation is 1. The number of hydrogen-bond donors (Lipinski definition) is 1. The number of halogens is 2. The fourth-order valence-electron chi connectivity index (χ4n) is 6.17. The molecule has 198 valence electrons. The smallest absolute Gasteiger partial charge is 0.449 e. The lowest BCUT2D eigenvalue weighted by Gasteiger charge is -2.49. The molecular formula is C29H30ClFN3O4+. The van der Waals surface area contributed by atoms with Crippen molar-refractivity contribution < 1.29 is 28.3 Å². The third kappa shape index (κ3) is 4.98. The van der Waals surface area contributed by atoms with Gasteiger partial charge in [-0.2, -0.15) is 0 Å². The average molecular weight is 539 g/mol. The molecule has 0 radical (unpaired) electrons. The van der Waals surface area contributed by atoms with Crippen molar-refractivity contribution in [3.8, 4) is 5.75 Å². The van der Waals surface area contributed by atoms with E-state index in [4.69, 9.17) is 16.3 Å². The van der Waals surface area contributed by atoms with E-state index in [9.17, 15) is 19.1 Å². The van der Waals surface area contributed by atoms with Crippen molar-refractivity contribution in [2.45, 2.75) is 44.2 Å². The predicted octanol–water partition coefficient (Wildman–Crippen LogP) is 6.26. The number of carbonyl (C=O) groups excluding carboxylic acids is 1. The lowest BCUT2D eigenvalue weighted by molar-refractivity contribution is -0.888. The number of rotatable bonds is 5. The number of benzene rings is 2. The second-order valence-corrected chi connectivity index (χ2v) is 10.5. The van der Waals surface area contributed by atoms with Gasteiger partial charge in [0.25, 0.3) is 0 Å². The van der Waals surface area contributed by atoms with Gasteiger partial charge in [0.1, 0.15) is 23.2 Å². The third-order valence-corrected chi connectivity index (χ3v) is 8.43. The molecule has 7 nitrogen and oxygen atoms in total. The first-order chi connectivity index (χ1) is 18.3. The van der Waals surface area contributed by atoms with Gasteiger partial charge in [0.15, 0.2) is 0 Å². The molecule has 0 bridgehead atoms. The normalized spacial score (nSPS) is 19.3. The Morgan fingerprint density at radius 3 is 2.53 bits per heavy atom. The Labute approximate surface area is 226 Å². The number of piperidine rings is 1. The molecule has 2 heterocycles. The number of hydrogen-bond acceptors (Lipinski definition) is 5. The van der Waals surface area contributed by atoms with Crippen molar-refractivity contribution in [1.82, 2.24) is 4.98 Å². The van der Waals surface area contributed by atoms with E-state index in [2.05, 4.69) is 9.88 Å². The van der Waals surface area contributed by atoms with E-state index in [1.54, 1.807) is 24.5 Å². The Bertz CT molecular complexity index is 1350. The number of ether oxygens (including phenoxy) is 1. The minimum absolute atomic E-state index is 0.0247. The zero-order chi connectivity index (χ0) is 26.9. The van der Waals surface area contributed by atoms with Gasteiger partial charge in [-0.3, -0.25) is 4.98 Å². The minimum Gasteiger partial charge on any atom is -0.449 e. The van der Waals surface area contributed by atoms with Crippen LogP contribution in [-0.2, 0) is 6.42 Å². The number of carbonyl (C=O) groups is 2. The lowest BCUT2D eigenvalue weighted by atomic mass is 9.82. The van der Waals surface area contributed by atoms with E-state index in [-0.39, 0.29) is 38.8 Å². The highest BCUT2D eigenvalue weighted by molar-refractivity contribution is 6.33. The SMILES string of the molecule is C[N+](C(=O)c1cc(F)ccc1Cl)(C1CCN(c2ccncc2)CC1)C1CCCc2ccc(OC(=O)O)cc21. The van der Waals surface area contributed by atoms with Gasteiger partial charge in [-0.25, -0.2) is 18.5 Å². The number of carboxylic acid groups (broad SMARTS) is 1. The van der Waals surface area contributed by atoms with Crippen molar-refractivity contribution in [2.75, 3.05) is 25.0 Å². The molecule has 0 spiro atoms. The zero-order valence-electron chi connectivity index (χ0n) is 21.1. The first-order valence-electron chi connectivity index (χ1n) is 12.8. The Hall–Kier alpha value is -3.49. The molecule has 5 rings (SSSR count). The number of amides is 1. The molecule has 1 aliphatic heterocycles. The van der Waals surface area contributed by atoms with E-state index in [0.717, 1.165) is 62.0 Å². The number of anilines is 1. The van der Waals surface area contributed by atoms with Crippen LogP contribution in [0, 0.1) is 5.82 Å². The van der Waals surface area contributed by atoms with Gasteiger partial charge in [0.2, 0.25) is 0 Å². The summed E-state index contributed by atoms with van der Waals surface area (Å²) in [5.41, 5.74) is 3.21. The maximum Gasteiger partial charge on any atom is 0.511 e. The summed E-state index contributed by atoms with van der Waals surface area (Å²) in [6, 6.07) is 12.8. The molecule has 2 atom stereocenters. The highest BCUT2D eigenvalue weighted by atomic mass is 35.5. The fourth-order valence-corrected chi connectivity index (χ4v) is 6.37. The van der Waals surface area contributed by atoms with E-state index in [0.29, 0.717) is 0 Å². The highest BCUT2D eigenvalue weighted by Crippen LogP contribution is 2.45. The molecule has 38 heavy (non-hydrogen) atoms. The second-order valence-electron chi connectivity index (χ2n) is 10.1. The van der Waals surface area contributed by atoms with Gasteiger partial charge in [-0.1, -0.05) is 17.7 Å². The van der Waals surface area contributed by atoms with Crippen molar-refractivity contribution >= 4 is 29.4 Å². The predicted molar refractivity (Wildman–Crippen MR) is 142 cm³/mol. The van der Waals surface area contributed by atoms with Crippen LogP contribution in [0.5, 0.6) is 5.75 Å². The Morgan fingerprint density at radius 1 is 1.08 bits per heavy atom. The Balaban J connectivity index is 1.56. The number of nitrogens with zero attached hydrogens (tertiary/aromatic N) is 3. The summed E-state index contributed by atoms with van der Waals surface area (Å²) in [6.45, 7) is 1.52. The van der Waals surface area contributed by atoms with Crippen LogP contribution >= 0.6 is 11.6 Å². The molecule has 3 aromatic rings. The molecule has 2 unspecified atom stereocenters. The molecule has 2 aromatic carbocycles. The van der Waals surface area contributed by atoms with Crippen LogP contribution in [0.1, 0.15) is 53.2 Å². The van der Waals surface area contributed by atoms with E-state index in [1.165, 1.54) is 18.2 Å². The molecular weight excluding hydrogens is 509 g/mol. The molecule has 2 aliphatic rings. The summed E-state index contributed by atoms with van der Waals surface area (Å²) >= 11 is 6.46. The summed E-state index contributed by atoms with van der Waals surface area (Å²) in [6.07, 6.45) is 6.08. The summed E-state index contributed by atoms with van der Waals surface area (Å²) in [4.78, 5) is 32.1. The zero-order valence-corrected chi connectivity index (χ0v) is 21.9. The number of quaternary nitrogens is 1. The molecule has 1 aliphatic carbocycles. The Morgan fingerprint density at radius 2 is 1.82 bits per heavy atom. The van der Waals surface area contributed by atoms with Crippen molar-refractivity contribution in [1.29, 1.82) is 0 Å². The van der Waals surface area contributed by atoms with Crippen LogP contribution < -0.4 is 9.64 Å². The average Bonchev–Trinajstić information content (AvgIpc) is 2.93.